The fourth-order valence-corrected chi connectivity index (χ4v) is 5.49. The quantitative estimate of drug-likeness (QED) is 0.480. The Bertz CT molecular complexity index is 1250. The molecule has 3 aromatic heterocycles. The van der Waals surface area contributed by atoms with Gasteiger partial charge in [0, 0.05) is 42.6 Å². The largest absolute Gasteiger partial charge is 0.383 e. The zero-order valence-electron chi connectivity index (χ0n) is 17.5. The monoisotopic (exact) mass is 436 g/mol. The number of amides is 1. The van der Waals surface area contributed by atoms with E-state index in [1.54, 1.807) is 29.7 Å². The lowest BCUT2D eigenvalue weighted by atomic mass is 9.87. The zero-order chi connectivity index (χ0) is 21.4. The summed E-state index contributed by atoms with van der Waals surface area (Å²) in [6.45, 7) is 1.17. The van der Waals surface area contributed by atoms with Gasteiger partial charge in [-0.3, -0.25) is 9.89 Å². The number of thiophene rings is 1. The molecule has 1 unspecified atom stereocenters. The van der Waals surface area contributed by atoms with E-state index < -0.39 is 0 Å². The van der Waals surface area contributed by atoms with E-state index in [0.29, 0.717) is 13.2 Å². The predicted octanol–water partition coefficient (Wildman–Crippen LogP) is 3.52. The number of carbonyl (C=O) groups is 1. The van der Waals surface area contributed by atoms with Crippen LogP contribution in [0.4, 0.5) is 11.5 Å². The molecule has 1 amide bonds. The molecule has 8 nitrogen and oxygen atoms in total. The summed E-state index contributed by atoms with van der Waals surface area (Å²) in [6, 6.07) is 6.07. The molecule has 4 aromatic rings. The van der Waals surface area contributed by atoms with Crippen LogP contribution in [0.2, 0.25) is 0 Å². The van der Waals surface area contributed by atoms with Gasteiger partial charge in [0.2, 0.25) is 5.91 Å². The molecule has 0 radical (unpaired) electrons. The van der Waals surface area contributed by atoms with E-state index in [1.165, 1.54) is 10.4 Å². The van der Waals surface area contributed by atoms with Crippen LogP contribution in [0.15, 0.2) is 30.7 Å². The number of nitrogens with one attached hydrogen (secondary N) is 2. The molecule has 0 bridgehead atoms. The Labute approximate surface area is 183 Å². The average molecular weight is 437 g/mol. The molecule has 0 saturated heterocycles. The zero-order valence-corrected chi connectivity index (χ0v) is 18.3. The number of methoxy groups -OCH3 is 1. The predicted molar refractivity (Wildman–Crippen MR) is 122 cm³/mol. The molecule has 2 N–H and O–H groups in total. The normalized spacial score (nSPS) is 15.9. The highest BCUT2D eigenvalue weighted by Crippen LogP contribution is 2.40. The Morgan fingerprint density at radius 3 is 3.16 bits per heavy atom. The van der Waals surface area contributed by atoms with Crippen LogP contribution in [-0.2, 0) is 22.4 Å². The first-order chi connectivity index (χ1) is 15.1. The molecule has 0 saturated carbocycles. The number of carbonyl (C=O) groups excluding carboxylic acids is 1. The van der Waals surface area contributed by atoms with Gasteiger partial charge in [-0.25, -0.2) is 9.97 Å². The highest BCUT2D eigenvalue weighted by Gasteiger charge is 2.30. The molecule has 0 fully saturated rings. The second kappa shape index (κ2) is 8.24. The number of rotatable bonds is 6. The number of anilines is 2. The first kappa shape index (κ1) is 19.9. The van der Waals surface area contributed by atoms with Gasteiger partial charge in [-0.1, -0.05) is 0 Å². The van der Waals surface area contributed by atoms with Crippen molar-refractivity contribution in [1.82, 2.24) is 25.1 Å². The third-order valence-electron chi connectivity index (χ3n) is 5.90. The Kier molecular flexibility index (Phi) is 5.29. The van der Waals surface area contributed by atoms with E-state index in [1.807, 2.05) is 25.4 Å². The smallest absolute Gasteiger partial charge is 0.225 e. The molecule has 1 aromatic carbocycles. The first-order valence-corrected chi connectivity index (χ1v) is 11.1. The number of hydrogen-bond acceptors (Lipinski definition) is 7. The van der Waals surface area contributed by atoms with Gasteiger partial charge in [0.05, 0.1) is 23.7 Å². The number of aromatic amines is 1. The maximum Gasteiger partial charge on any atom is 0.225 e. The minimum Gasteiger partial charge on any atom is -0.383 e. The molecule has 1 aliphatic carbocycles. The van der Waals surface area contributed by atoms with Gasteiger partial charge in [0.25, 0.3) is 0 Å². The van der Waals surface area contributed by atoms with Crippen LogP contribution < -0.4 is 5.32 Å². The van der Waals surface area contributed by atoms with Gasteiger partial charge in [0.15, 0.2) is 0 Å². The maximum atomic E-state index is 12.8. The lowest BCUT2D eigenvalue weighted by Gasteiger charge is -2.26. The Balaban J connectivity index is 1.42. The highest BCUT2D eigenvalue weighted by molar-refractivity contribution is 7.19. The Morgan fingerprint density at radius 2 is 2.29 bits per heavy atom. The van der Waals surface area contributed by atoms with Crippen molar-refractivity contribution in [3.8, 4) is 0 Å². The first-order valence-electron chi connectivity index (χ1n) is 10.3. The van der Waals surface area contributed by atoms with E-state index in [0.717, 1.165) is 51.9 Å². The standard InChI is InChI=1S/C22H24N6O2S/c1-28(7-8-30-2)22(29)13-3-5-16-18(10-13)31-21-19(16)20(23-12-24-21)26-15-4-6-17-14(9-15)11-25-27-17/h4,6,9,11-13H,3,5,7-8,10H2,1-2H3,(H,25,27)(H,23,24,26). The van der Waals surface area contributed by atoms with E-state index in [4.69, 9.17) is 4.74 Å². The lowest BCUT2D eigenvalue weighted by molar-refractivity contribution is -0.135. The van der Waals surface area contributed by atoms with Crippen molar-refractivity contribution in [2.45, 2.75) is 19.3 Å². The summed E-state index contributed by atoms with van der Waals surface area (Å²) in [5.41, 5.74) is 3.23. The van der Waals surface area contributed by atoms with Crippen LogP contribution in [-0.4, -0.2) is 58.3 Å². The average Bonchev–Trinajstić information content (AvgIpc) is 3.40. The topological polar surface area (TPSA) is 96.0 Å². The molecular formula is C22H24N6O2S. The molecule has 1 aliphatic rings. The maximum absolute atomic E-state index is 12.8. The molecule has 160 valence electrons. The molecule has 5 rings (SSSR count). The van der Waals surface area contributed by atoms with Gasteiger partial charge in [-0.05, 0) is 43.0 Å². The van der Waals surface area contributed by atoms with Crippen LogP contribution in [0.25, 0.3) is 21.1 Å². The summed E-state index contributed by atoms with van der Waals surface area (Å²) in [5, 5.41) is 12.6. The molecule has 3 heterocycles. The fourth-order valence-electron chi connectivity index (χ4n) is 4.22. The minimum absolute atomic E-state index is 0.00952. The van der Waals surface area contributed by atoms with Crippen LogP contribution in [0.3, 0.4) is 0 Å². The number of hydrogen-bond donors (Lipinski definition) is 2. The van der Waals surface area contributed by atoms with Crippen molar-refractivity contribution >= 4 is 49.9 Å². The number of ether oxygens (including phenoxy) is 1. The Hall–Kier alpha value is -3.04. The molecule has 0 spiro atoms. The Morgan fingerprint density at radius 1 is 1.39 bits per heavy atom. The molecule has 0 aliphatic heterocycles. The van der Waals surface area contributed by atoms with Gasteiger partial charge >= 0.3 is 0 Å². The number of benzene rings is 1. The van der Waals surface area contributed by atoms with Crippen LogP contribution in [0, 0.1) is 5.92 Å². The van der Waals surface area contributed by atoms with E-state index >= 15 is 0 Å². The van der Waals surface area contributed by atoms with E-state index in [9.17, 15) is 4.79 Å². The molecule has 31 heavy (non-hydrogen) atoms. The minimum atomic E-state index is 0.00952. The molecular weight excluding hydrogens is 412 g/mol. The third-order valence-corrected chi connectivity index (χ3v) is 7.07. The van der Waals surface area contributed by atoms with Gasteiger partial charge in [0.1, 0.15) is 17.0 Å². The number of fused-ring (bicyclic) bond motifs is 4. The molecule has 1 atom stereocenters. The van der Waals surface area contributed by atoms with Crippen molar-refractivity contribution in [2.75, 3.05) is 32.6 Å². The number of likely N-dealkylation sites (N-methyl/N-ethyl adjacent to an activating group) is 1. The van der Waals surface area contributed by atoms with Crippen LogP contribution in [0.1, 0.15) is 16.9 Å². The van der Waals surface area contributed by atoms with Crippen LogP contribution >= 0.6 is 11.3 Å². The fraction of sp³-hybridized carbons (Fsp3) is 0.364. The SMILES string of the molecule is COCCN(C)C(=O)C1CCc2c(sc3ncnc(Nc4ccc5[nH]ncc5c4)c23)C1. The number of aromatic nitrogens is 4. The van der Waals surface area contributed by atoms with Crippen molar-refractivity contribution in [1.29, 1.82) is 0 Å². The number of nitrogens with zero attached hydrogens (tertiary/aromatic N) is 4. The van der Waals surface area contributed by atoms with E-state index in [2.05, 4.69) is 31.5 Å². The second-order valence-electron chi connectivity index (χ2n) is 7.90. The van der Waals surface area contributed by atoms with Crippen molar-refractivity contribution < 1.29 is 9.53 Å². The van der Waals surface area contributed by atoms with E-state index in [-0.39, 0.29) is 11.8 Å². The molecule has 9 heteroatoms. The lowest BCUT2D eigenvalue weighted by Crippen LogP contribution is -2.37. The highest BCUT2D eigenvalue weighted by atomic mass is 32.1. The summed E-state index contributed by atoms with van der Waals surface area (Å²) in [7, 11) is 3.51. The van der Waals surface area contributed by atoms with Crippen LogP contribution in [0.5, 0.6) is 0 Å². The number of H-pyrrole nitrogens is 1. The van der Waals surface area contributed by atoms with Crippen molar-refractivity contribution in [3.05, 3.63) is 41.2 Å². The summed E-state index contributed by atoms with van der Waals surface area (Å²) < 4.78 is 5.11. The van der Waals surface area contributed by atoms with Gasteiger partial charge < -0.3 is 15.0 Å². The van der Waals surface area contributed by atoms with Gasteiger partial charge in [-0.2, -0.15) is 5.10 Å². The summed E-state index contributed by atoms with van der Waals surface area (Å²) in [6.07, 6.45) is 5.86. The summed E-state index contributed by atoms with van der Waals surface area (Å²) in [4.78, 5) is 25.9. The summed E-state index contributed by atoms with van der Waals surface area (Å²) >= 11 is 1.68. The summed E-state index contributed by atoms with van der Waals surface area (Å²) in [5.74, 6) is 1.01. The number of aryl methyl sites for hydroxylation is 1. The van der Waals surface area contributed by atoms with Crippen molar-refractivity contribution in [3.63, 3.8) is 0 Å². The van der Waals surface area contributed by atoms with Gasteiger partial charge in [-0.15, -0.1) is 11.3 Å². The second-order valence-corrected chi connectivity index (χ2v) is 8.98. The van der Waals surface area contributed by atoms with Crippen molar-refractivity contribution in [2.24, 2.45) is 5.92 Å². The third kappa shape index (κ3) is 3.75.